The number of carbonyl (C=O) groups excluding carboxylic acids is 1. The second kappa shape index (κ2) is 51.0. The third-order valence-electron chi connectivity index (χ3n) is 20.0. The molecule has 5 aliphatic heterocycles. The molecule has 3 N–H and O–H groups in total. The number of hydrogen-bond donors (Lipinski definition) is 2. The Balaban J connectivity index is 0.000000207. The van der Waals surface area contributed by atoms with Gasteiger partial charge in [-0.05, 0) is 155 Å². The molecule has 8 heterocycles. The number of amides is 1. The van der Waals surface area contributed by atoms with Crippen LogP contribution in [0.25, 0.3) is 17.1 Å². The van der Waals surface area contributed by atoms with E-state index in [9.17, 15) is 22.4 Å². The molecule has 8 aromatic carbocycles. The molecule has 0 atom stereocenters. The van der Waals surface area contributed by atoms with Gasteiger partial charge < -0.3 is 10.1 Å². The molecule has 1 fully saturated rings. The summed E-state index contributed by atoms with van der Waals surface area (Å²) in [6, 6.07) is 49.9. The SMILES string of the molecule is C.C#C[Si](C)(C)C.C#Cc1ccc2c(c1)C(c1ccccc1F)=NCc1cnc(C)n1-2.C1CCOC1.CCCCCCCC.CCCCCCCC.Cc1ncc2n1-c1ccc(Br)cc1C(c1ccccc1F)=NC2.Cc1ncc2n1-c1ccc(C#C[Si](C)(C)C)cc1C(c1ccccc1F)=NC2.NF.O=C1CN=C(c2ccccc2F)c2cc(Br)ccc2N1. The first-order chi connectivity index (χ1) is 59.7. The summed E-state index contributed by atoms with van der Waals surface area (Å²) in [5, 5.41) is 2.77. The number of nitrogens with two attached hydrogens (primary N) is 1. The summed E-state index contributed by atoms with van der Waals surface area (Å²) < 4.78 is 79.3. The molecule has 0 unspecified atom stereocenters. The summed E-state index contributed by atoms with van der Waals surface area (Å²) in [7, 11) is -2.60. The van der Waals surface area contributed by atoms with Crippen LogP contribution < -0.4 is 11.3 Å². The van der Waals surface area contributed by atoms with Crippen LogP contribution in [-0.2, 0) is 29.2 Å². The van der Waals surface area contributed by atoms with Crippen LogP contribution in [0.1, 0.15) is 215 Å². The number of aromatic nitrogens is 6. The Labute approximate surface area is 756 Å². The van der Waals surface area contributed by atoms with Crippen LogP contribution in [0.2, 0.25) is 39.3 Å². The first-order valence-electron chi connectivity index (χ1n) is 42.4. The summed E-state index contributed by atoms with van der Waals surface area (Å²) in [6.45, 7) is 31.3. The van der Waals surface area contributed by atoms with Gasteiger partial charge in [0.25, 0.3) is 0 Å². The van der Waals surface area contributed by atoms with Crippen LogP contribution in [-0.4, -0.2) is 93.3 Å². The molecule has 3 aromatic heterocycles. The average molecular weight is 1860 g/mol. The number of hydrogen-bond acceptors (Lipinski definition) is 10. The highest BCUT2D eigenvalue weighted by molar-refractivity contribution is 9.10. The normalized spacial score (nSPS) is 12.7. The Bertz CT molecular complexity index is 5650. The van der Waals surface area contributed by atoms with Crippen LogP contribution in [0.4, 0.5) is 27.7 Å². The van der Waals surface area contributed by atoms with E-state index in [4.69, 9.17) is 27.1 Å². The van der Waals surface area contributed by atoms with Crippen molar-refractivity contribution >= 4 is 82.4 Å². The van der Waals surface area contributed by atoms with Gasteiger partial charge in [-0.3, -0.25) is 38.5 Å². The van der Waals surface area contributed by atoms with Crippen molar-refractivity contribution in [3.05, 3.63) is 311 Å². The predicted molar refractivity (Wildman–Crippen MR) is 520 cm³/mol. The number of terminal acetylenes is 2. The van der Waals surface area contributed by atoms with E-state index in [1.807, 2.05) is 129 Å². The van der Waals surface area contributed by atoms with Gasteiger partial charge in [-0.2, -0.15) is 5.96 Å². The molecule has 0 saturated carbocycles. The molecule has 656 valence electrons. The largest absolute Gasteiger partial charge is 0.381 e. The summed E-state index contributed by atoms with van der Waals surface area (Å²) in [6.07, 6.45) is 35.7. The van der Waals surface area contributed by atoms with Gasteiger partial charge in [0.1, 0.15) is 63.4 Å². The van der Waals surface area contributed by atoms with E-state index in [0.29, 0.717) is 76.0 Å². The molecule has 16 rings (SSSR count). The molecule has 11 aromatic rings. The highest BCUT2D eigenvalue weighted by Crippen LogP contribution is 2.34. The zero-order chi connectivity index (χ0) is 89.9. The zero-order valence-electron chi connectivity index (χ0n) is 73.7. The molecule has 0 spiro atoms. The van der Waals surface area contributed by atoms with Gasteiger partial charge in [-0.1, -0.05) is 244 Å². The molecule has 1 amide bonds. The zero-order valence-corrected chi connectivity index (χ0v) is 78.9. The molecule has 23 heteroatoms. The lowest BCUT2D eigenvalue weighted by Crippen LogP contribution is -2.16. The van der Waals surface area contributed by atoms with Gasteiger partial charge in [-0.25, -0.2) is 32.5 Å². The maximum atomic E-state index is 14.6. The molecular weight excluding hydrogens is 1740 g/mol. The highest BCUT2D eigenvalue weighted by Gasteiger charge is 2.28. The number of halogens is 7. The lowest BCUT2D eigenvalue weighted by atomic mass is 9.98. The molecule has 0 aliphatic carbocycles. The maximum Gasteiger partial charge on any atom is 0.246 e. The Hall–Kier alpha value is -10.8. The number of aryl methyl sites for hydroxylation is 3. The molecule has 1 saturated heterocycles. The van der Waals surface area contributed by atoms with Crippen LogP contribution in [0.5, 0.6) is 0 Å². The third kappa shape index (κ3) is 29.4. The number of anilines is 1. The Kier molecular flexibility index (Phi) is 41.3. The number of unbranched alkanes of at least 4 members (excludes halogenated alkanes) is 10. The van der Waals surface area contributed by atoms with Gasteiger partial charge in [0.15, 0.2) is 0 Å². The topological polar surface area (TPSA) is 167 Å². The average Bonchev–Trinajstić information content (AvgIpc) is 1.64. The van der Waals surface area contributed by atoms with Crippen LogP contribution in [0.15, 0.2) is 217 Å². The first-order valence-corrected chi connectivity index (χ1v) is 51.0. The number of imidazole rings is 3. The number of carbonyl (C=O) groups is 1. The van der Waals surface area contributed by atoms with E-state index >= 15 is 0 Å². The van der Waals surface area contributed by atoms with Crippen molar-refractivity contribution in [2.75, 3.05) is 25.1 Å². The molecule has 0 bridgehead atoms. The van der Waals surface area contributed by atoms with E-state index in [1.165, 1.54) is 114 Å². The number of fused-ring (bicyclic) bond motifs is 10. The van der Waals surface area contributed by atoms with Crippen molar-refractivity contribution in [2.24, 2.45) is 25.9 Å². The summed E-state index contributed by atoms with van der Waals surface area (Å²) >= 11 is 6.90. The third-order valence-corrected chi connectivity index (χ3v) is 22.7. The van der Waals surface area contributed by atoms with Crippen LogP contribution in [0, 0.1) is 79.8 Å². The van der Waals surface area contributed by atoms with Crippen molar-refractivity contribution in [1.82, 2.24) is 28.7 Å². The second-order valence-electron chi connectivity index (χ2n) is 32.0. The Morgan fingerprint density at radius 2 is 0.752 bits per heavy atom. The van der Waals surface area contributed by atoms with Crippen molar-refractivity contribution in [3.8, 4) is 52.8 Å². The fraction of sp³-hybridized carbons (Fsp3) is 0.333. The minimum Gasteiger partial charge on any atom is -0.381 e. The summed E-state index contributed by atoms with van der Waals surface area (Å²) in [4.78, 5) is 43.3. The molecule has 5 aliphatic rings. The maximum absolute atomic E-state index is 14.6. The highest BCUT2D eigenvalue weighted by atomic mass is 79.9. The first kappa shape index (κ1) is 101. The van der Waals surface area contributed by atoms with Gasteiger partial charge in [0.05, 0.1) is 101 Å². The lowest BCUT2D eigenvalue weighted by molar-refractivity contribution is -0.114. The number of nitrogens with one attached hydrogen (secondary N) is 1. The standard InChI is InChI=1S/C23H22FN3Si.C20H14FN3.C18H13BrFN3.C15H10BrFN2O.2C8H18.C5H10Si.C4H8O.CH4.FH2N/c1-16-25-14-18-15-26-23(19-7-5-6-8-21(19)24)20-13-17(11-12-28(2,3)4)9-10-22(20)27(16)18;1-3-14-8-9-19-17(10-14)20(16-6-4-5-7-18(16)21)23-12-15-11-22-13(2)24(15)19;1-11-21-9-13-10-22-18(14-4-2-3-5-16(14)20)15-8-12(19)6-7-17(15)23(11)13;16-9-5-6-13-11(7-9)15(18-8-14(20)19-13)10-3-1-2-4-12(10)17;2*1-3-5-7-8-6-4-2;1-5-6(2,3)4;1-2-4-5-3-1;;1-2/h5-10,13-14H,15H2,1-4H3;1,4-11H,12H2,2H3;2-9H,10H2,1H3;1-7H,8H2,(H,19,20);2*3-8H2,1-2H3;1H,2-4H3;1-4H2;1H4;2H2. The summed E-state index contributed by atoms with van der Waals surface area (Å²) in [5.41, 5.74) is 21.9. The number of benzene rings is 8. The predicted octanol–water partition coefficient (Wildman–Crippen LogP) is 25.9. The van der Waals surface area contributed by atoms with Crippen molar-refractivity contribution in [3.63, 3.8) is 0 Å². The fourth-order valence-electron chi connectivity index (χ4n) is 13.7. The molecule has 0 radical (unpaired) electrons. The van der Waals surface area contributed by atoms with Crippen molar-refractivity contribution in [1.29, 1.82) is 0 Å². The number of aliphatic imine (C=N–C) groups is 4. The number of nitrogens with zero attached hydrogens (tertiary/aromatic N) is 10. The molecule has 14 nitrogen and oxygen atoms in total. The monoisotopic (exact) mass is 1850 g/mol. The summed E-state index contributed by atoms with van der Waals surface area (Å²) in [5.74, 6) is 10.2. The quantitative estimate of drug-likeness (QED) is 0.0361. The van der Waals surface area contributed by atoms with E-state index in [2.05, 4.69) is 172 Å². The second-order valence-corrected chi connectivity index (χ2v) is 43.4. The minimum atomic E-state index is -1.50. The number of benzodiazepines with no additional fused rings is 1. The van der Waals surface area contributed by atoms with Gasteiger partial charge in [-0.15, -0.1) is 28.4 Å². The van der Waals surface area contributed by atoms with E-state index < -0.39 is 16.1 Å². The number of rotatable bonds is 14. The number of ether oxygens (including phenoxy) is 1. The lowest BCUT2D eigenvalue weighted by Gasteiger charge is -2.14. The smallest absolute Gasteiger partial charge is 0.246 e. The Morgan fingerprint density at radius 1 is 0.432 bits per heavy atom. The van der Waals surface area contributed by atoms with Gasteiger partial charge in [0, 0.05) is 77.8 Å². The van der Waals surface area contributed by atoms with Crippen LogP contribution >= 0.6 is 31.9 Å². The minimum absolute atomic E-state index is 0. The van der Waals surface area contributed by atoms with Gasteiger partial charge in [0.2, 0.25) is 5.91 Å². The van der Waals surface area contributed by atoms with Gasteiger partial charge >= 0.3 is 0 Å². The Morgan fingerprint density at radius 3 is 1.09 bits per heavy atom. The van der Waals surface area contributed by atoms with E-state index in [-0.39, 0.29) is 43.1 Å². The van der Waals surface area contributed by atoms with Crippen molar-refractivity contribution in [2.45, 2.75) is 205 Å². The van der Waals surface area contributed by atoms with E-state index in [1.54, 1.807) is 60.7 Å². The fourth-order valence-corrected chi connectivity index (χ4v) is 14.9. The molecular formula is C102H119Br2F5N12O2Si2. The molecule has 125 heavy (non-hydrogen) atoms. The van der Waals surface area contributed by atoms with Crippen molar-refractivity contribution < 1.29 is 31.6 Å². The van der Waals surface area contributed by atoms with E-state index in [0.717, 1.165) is 102 Å². The van der Waals surface area contributed by atoms with Crippen LogP contribution in [0.3, 0.4) is 0 Å².